The standard InChI is InChI=1S/C14H21ClN2/c1-14(2)11(10-16-3)8-9-17(14)13-7-5-4-6-12(13)15/h4-7,11,16H,8-10H2,1-3H3. The summed E-state index contributed by atoms with van der Waals surface area (Å²) in [5.74, 6) is 0.670. The molecule has 1 saturated heterocycles. The van der Waals surface area contributed by atoms with Gasteiger partial charge in [0.15, 0.2) is 0 Å². The second-order valence-corrected chi connectivity index (χ2v) is 5.71. The van der Waals surface area contributed by atoms with Crippen LogP contribution >= 0.6 is 11.6 Å². The molecule has 0 amide bonds. The van der Waals surface area contributed by atoms with Gasteiger partial charge < -0.3 is 10.2 Å². The molecule has 3 heteroatoms. The van der Waals surface area contributed by atoms with Gasteiger partial charge in [0.05, 0.1) is 10.7 Å². The van der Waals surface area contributed by atoms with E-state index in [0.717, 1.165) is 23.8 Å². The van der Waals surface area contributed by atoms with Crippen molar-refractivity contribution >= 4 is 17.3 Å². The second kappa shape index (κ2) is 4.87. The lowest BCUT2D eigenvalue weighted by atomic mass is 9.88. The van der Waals surface area contributed by atoms with Crippen LogP contribution in [0.25, 0.3) is 0 Å². The summed E-state index contributed by atoms with van der Waals surface area (Å²) in [4.78, 5) is 2.44. The van der Waals surface area contributed by atoms with Gasteiger partial charge in [0, 0.05) is 12.1 Å². The third-order valence-corrected chi connectivity index (χ3v) is 4.31. The molecule has 1 heterocycles. The number of hydrogen-bond donors (Lipinski definition) is 1. The number of nitrogens with zero attached hydrogens (tertiary/aromatic N) is 1. The van der Waals surface area contributed by atoms with E-state index in [1.165, 1.54) is 6.42 Å². The molecule has 1 aromatic carbocycles. The van der Waals surface area contributed by atoms with Gasteiger partial charge in [-0.05, 0) is 51.9 Å². The van der Waals surface area contributed by atoms with Gasteiger partial charge in [0.2, 0.25) is 0 Å². The lowest BCUT2D eigenvalue weighted by Crippen LogP contribution is -2.45. The molecule has 94 valence electrons. The summed E-state index contributed by atoms with van der Waals surface area (Å²) in [5, 5.41) is 4.14. The Morgan fingerprint density at radius 2 is 2.12 bits per heavy atom. The molecule has 1 aliphatic heterocycles. The van der Waals surface area contributed by atoms with Gasteiger partial charge in [0.25, 0.3) is 0 Å². The highest BCUT2D eigenvalue weighted by Gasteiger charge is 2.41. The second-order valence-electron chi connectivity index (χ2n) is 5.30. The van der Waals surface area contributed by atoms with Crippen molar-refractivity contribution in [2.45, 2.75) is 25.8 Å². The van der Waals surface area contributed by atoms with E-state index in [2.05, 4.69) is 36.2 Å². The molecule has 0 radical (unpaired) electrons. The first-order chi connectivity index (χ1) is 8.07. The van der Waals surface area contributed by atoms with Crippen LogP contribution in [-0.2, 0) is 0 Å². The zero-order chi connectivity index (χ0) is 12.5. The Hall–Kier alpha value is -0.730. The van der Waals surface area contributed by atoms with Crippen LogP contribution in [-0.4, -0.2) is 25.7 Å². The van der Waals surface area contributed by atoms with Gasteiger partial charge in [-0.25, -0.2) is 0 Å². The van der Waals surface area contributed by atoms with Crippen molar-refractivity contribution < 1.29 is 0 Å². The van der Waals surface area contributed by atoms with Gasteiger partial charge >= 0.3 is 0 Å². The first kappa shape index (κ1) is 12.7. The molecule has 2 rings (SSSR count). The average molecular weight is 253 g/mol. The number of rotatable bonds is 3. The van der Waals surface area contributed by atoms with Crippen molar-refractivity contribution in [1.29, 1.82) is 0 Å². The maximum absolute atomic E-state index is 6.30. The molecule has 1 N–H and O–H groups in total. The minimum Gasteiger partial charge on any atom is -0.365 e. The molecular weight excluding hydrogens is 232 g/mol. The number of halogens is 1. The third-order valence-electron chi connectivity index (χ3n) is 3.99. The fourth-order valence-corrected chi connectivity index (χ4v) is 3.08. The Balaban J connectivity index is 2.27. The average Bonchev–Trinajstić information content (AvgIpc) is 2.57. The lowest BCUT2D eigenvalue weighted by Gasteiger charge is -2.38. The third kappa shape index (κ3) is 2.29. The minimum absolute atomic E-state index is 0.161. The molecule has 0 aromatic heterocycles. The predicted molar refractivity (Wildman–Crippen MR) is 74.9 cm³/mol. The highest BCUT2D eigenvalue weighted by atomic mass is 35.5. The highest BCUT2D eigenvalue weighted by molar-refractivity contribution is 6.33. The fourth-order valence-electron chi connectivity index (χ4n) is 2.85. The summed E-state index contributed by atoms with van der Waals surface area (Å²) >= 11 is 6.30. The molecule has 0 bridgehead atoms. The van der Waals surface area contributed by atoms with Crippen LogP contribution in [0.3, 0.4) is 0 Å². The van der Waals surface area contributed by atoms with Gasteiger partial charge in [-0.2, -0.15) is 0 Å². The van der Waals surface area contributed by atoms with Crippen LogP contribution in [0.15, 0.2) is 24.3 Å². The number of anilines is 1. The van der Waals surface area contributed by atoms with E-state index in [0.29, 0.717) is 5.92 Å². The number of hydrogen-bond acceptors (Lipinski definition) is 2. The summed E-state index contributed by atoms with van der Waals surface area (Å²) in [6.07, 6.45) is 1.22. The SMILES string of the molecule is CNCC1CCN(c2ccccc2Cl)C1(C)C. The molecule has 1 fully saturated rings. The van der Waals surface area contributed by atoms with Crippen LogP contribution in [0.2, 0.25) is 5.02 Å². The molecule has 1 aliphatic rings. The van der Waals surface area contributed by atoms with Gasteiger partial charge in [-0.1, -0.05) is 23.7 Å². The number of para-hydroxylation sites is 1. The van der Waals surface area contributed by atoms with Crippen molar-refractivity contribution in [3.8, 4) is 0 Å². The van der Waals surface area contributed by atoms with Crippen molar-refractivity contribution in [3.05, 3.63) is 29.3 Å². The molecule has 1 unspecified atom stereocenters. The normalized spacial score (nSPS) is 23.1. The highest BCUT2D eigenvalue weighted by Crippen LogP contribution is 2.40. The summed E-state index contributed by atoms with van der Waals surface area (Å²) < 4.78 is 0. The summed E-state index contributed by atoms with van der Waals surface area (Å²) in [7, 11) is 2.02. The van der Waals surface area contributed by atoms with Crippen molar-refractivity contribution in [2.75, 3.05) is 25.0 Å². The van der Waals surface area contributed by atoms with E-state index in [4.69, 9.17) is 11.6 Å². The fraction of sp³-hybridized carbons (Fsp3) is 0.571. The van der Waals surface area contributed by atoms with E-state index in [1.807, 2.05) is 19.2 Å². The molecule has 2 nitrogen and oxygen atoms in total. The Bertz CT molecular complexity index is 390. The smallest absolute Gasteiger partial charge is 0.0639 e. The first-order valence-electron chi connectivity index (χ1n) is 6.24. The first-order valence-corrected chi connectivity index (χ1v) is 6.62. The van der Waals surface area contributed by atoms with E-state index >= 15 is 0 Å². The zero-order valence-corrected chi connectivity index (χ0v) is 11.6. The minimum atomic E-state index is 0.161. The van der Waals surface area contributed by atoms with Crippen LogP contribution in [0, 0.1) is 5.92 Å². The zero-order valence-electron chi connectivity index (χ0n) is 10.8. The quantitative estimate of drug-likeness (QED) is 0.889. The molecule has 0 aliphatic carbocycles. The maximum atomic E-state index is 6.30. The van der Waals surface area contributed by atoms with Crippen LogP contribution < -0.4 is 10.2 Å². The van der Waals surface area contributed by atoms with Gasteiger partial charge in [-0.15, -0.1) is 0 Å². The van der Waals surface area contributed by atoms with Crippen molar-refractivity contribution in [1.82, 2.24) is 5.32 Å². The maximum Gasteiger partial charge on any atom is 0.0639 e. The molecule has 1 atom stereocenters. The Morgan fingerprint density at radius 1 is 1.41 bits per heavy atom. The van der Waals surface area contributed by atoms with Crippen molar-refractivity contribution in [2.24, 2.45) is 5.92 Å². The monoisotopic (exact) mass is 252 g/mol. The number of benzene rings is 1. The summed E-state index contributed by atoms with van der Waals surface area (Å²) in [6, 6.07) is 8.13. The van der Waals surface area contributed by atoms with Gasteiger partial charge in [0.1, 0.15) is 0 Å². The predicted octanol–water partition coefficient (Wildman–Crippen LogP) is 3.16. The Kier molecular flexibility index (Phi) is 3.64. The van der Waals surface area contributed by atoms with Crippen LogP contribution in [0.1, 0.15) is 20.3 Å². The van der Waals surface area contributed by atoms with E-state index in [-0.39, 0.29) is 5.54 Å². The topological polar surface area (TPSA) is 15.3 Å². The van der Waals surface area contributed by atoms with E-state index in [1.54, 1.807) is 0 Å². The summed E-state index contributed by atoms with van der Waals surface area (Å²) in [5.41, 5.74) is 1.33. The molecular formula is C14H21ClN2. The molecule has 0 saturated carbocycles. The van der Waals surface area contributed by atoms with E-state index < -0.39 is 0 Å². The molecule has 0 spiro atoms. The largest absolute Gasteiger partial charge is 0.365 e. The Morgan fingerprint density at radius 3 is 2.76 bits per heavy atom. The van der Waals surface area contributed by atoms with Crippen LogP contribution in [0.5, 0.6) is 0 Å². The van der Waals surface area contributed by atoms with Crippen molar-refractivity contribution in [3.63, 3.8) is 0 Å². The lowest BCUT2D eigenvalue weighted by molar-refractivity contribution is 0.356. The number of nitrogens with one attached hydrogen (secondary N) is 1. The molecule has 1 aromatic rings. The van der Waals surface area contributed by atoms with E-state index in [9.17, 15) is 0 Å². The van der Waals surface area contributed by atoms with Crippen LogP contribution in [0.4, 0.5) is 5.69 Å². The molecule has 17 heavy (non-hydrogen) atoms. The van der Waals surface area contributed by atoms with Gasteiger partial charge in [-0.3, -0.25) is 0 Å². The Labute approximate surface area is 109 Å². The summed E-state index contributed by atoms with van der Waals surface area (Å²) in [6.45, 7) is 6.77.